The summed E-state index contributed by atoms with van der Waals surface area (Å²) in [6.45, 7) is 0. The number of nitriles is 1. The fraction of sp³-hybridized carbons (Fsp3) is 0.462. The van der Waals surface area contributed by atoms with E-state index in [0.717, 1.165) is 0 Å². The molecule has 0 aliphatic carbocycles. The van der Waals surface area contributed by atoms with Crippen molar-refractivity contribution in [3.05, 3.63) is 33.9 Å². The average molecular weight is 310 g/mol. The van der Waals surface area contributed by atoms with Crippen molar-refractivity contribution in [3.8, 4) is 11.8 Å². The molecule has 0 N–H and O–H groups in total. The van der Waals surface area contributed by atoms with Gasteiger partial charge in [0.25, 0.3) is 5.69 Å². The summed E-state index contributed by atoms with van der Waals surface area (Å²) in [6, 6.07) is 6.19. The van der Waals surface area contributed by atoms with Crippen LogP contribution in [0.1, 0.15) is 12.0 Å². The molecule has 0 radical (unpaired) electrons. The van der Waals surface area contributed by atoms with Crippen LogP contribution in [-0.2, 0) is 16.3 Å². The maximum absolute atomic E-state index is 11.6. The molecule has 1 atom stereocenters. The minimum absolute atomic E-state index is 0.0300. The molecule has 1 aromatic carbocycles. The first-order valence-corrected chi connectivity index (χ1v) is 8.06. The number of nitrogens with zero attached hydrogens (tertiary/aromatic N) is 2. The lowest BCUT2D eigenvalue weighted by Gasteiger charge is -2.20. The number of non-ortho nitro benzene ring substituents is 1. The highest BCUT2D eigenvalue weighted by atomic mass is 32.2. The Kier molecular flexibility index (Phi) is 3.87. The Hall–Kier alpha value is -2.14. The lowest BCUT2D eigenvalue weighted by Crippen LogP contribution is -2.23. The molecule has 7 nitrogen and oxygen atoms in total. The largest absolute Gasteiger partial charge is 0.496 e. The molecule has 1 aromatic rings. The van der Waals surface area contributed by atoms with Crippen LogP contribution in [0.25, 0.3) is 0 Å². The number of rotatable bonds is 4. The van der Waals surface area contributed by atoms with Crippen molar-refractivity contribution in [2.45, 2.75) is 12.8 Å². The Balaban J connectivity index is 2.40. The van der Waals surface area contributed by atoms with E-state index in [-0.39, 0.29) is 30.0 Å². The SMILES string of the molecule is COc1ccc([N+](=O)[O-])cc1CC1(C#N)CCS(=O)(=O)C1. The van der Waals surface area contributed by atoms with E-state index in [4.69, 9.17) is 4.74 Å². The Bertz CT molecular complexity index is 723. The van der Waals surface area contributed by atoms with E-state index in [9.17, 15) is 23.8 Å². The minimum atomic E-state index is -3.23. The first-order valence-electron chi connectivity index (χ1n) is 6.24. The second kappa shape index (κ2) is 5.33. The number of benzene rings is 1. The van der Waals surface area contributed by atoms with Crippen LogP contribution in [0.5, 0.6) is 5.75 Å². The Morgan fingerprint density at radius 2 is 2.24 bits per heavy atom. The van der Waals surface area contributed by atoms with E-state index in [1.165, 1.54) is 25.3 Å². The number of methoxy groups -OCH3 is 1. The van der Waals surface area contributed by atoms with Crippen molar-refractivity contribution in [2.75, 3.05) is 18.6 Å². The van der Waals surface area contributed by atoms with Crippen molar-refractivity contribution in [1.29, 1.82) is 5.26 Å². The maximum atomic E-state index is 11.6. The third-order valence-corrected chi connectivity index (χ3v) is 5.45. The first kappa shape index (κ1) is 15.3. The summed E-state index contributed by atoms with van der Waals surface area (Å²) in [4.78, 5) is 10.3. The highest BCUT2D eigenvalue weighted by molar-refractivity contribution is 7.91. The molecule has 1 aliphatic heterocycles. The molecule has 21 heavy (non-hydrogen) atoms. The molecule has 8 heteroatoms. The van der Waals surface area contributed by atoms with Crippen LogP contribution in [0.15, 0.2) is 18.2 Å². The van der Waals surface area contributed by atoms with Crippen LogP contribution >= 0.6 is 0 Å². The fourth-order valence-corrected chi connectivity index (χ4v) is 4.56. The number of nitro benzene ring substituents is 1. The van der Waals surface area contributed by atoms with Crippen LogP contribution in [0.4, 0.5) is 5.69 Å². The van der Waals surface area contributed by atoms with Gasteiger partial charge in [0.2, 0.25) is 0 Å². The average Bonchev–Trinajstić information content (AvgIpc) is 2.74. The van der Waals surface area contributed by atoms with E-state index in [1.54, 1.807) is 0 Å². The number of hydrogen-bond acceptors (Lipinski definition) is 6. The molecule has 0 amide bonds. The molecule has 0 saturated carbocycles. The molecule has 2 rings (SSSR count). The van der Waals surface area contributed by atoms with Crippen molar-refractivity contribution in [1.82, 2.24) is 0 Å². The fourth-order valence-electron chi connectivity index (χ4n) is 2.56. The molecule has 1 saturated heterocycles. The Morgan fingerprint density at radius 1 is 1.52 bits per heavy atom. The highest BCUT2D eigenvalue weighted by Crippen LogP contribution is 2.38. The van der Waals surface area contributed by atoms with Gasteiger partial charge < -0.3 is 4.74 Å². The number of ether oxygens (including phenoxy) is 1. The third kappa shape index (κ3) is 3.13. The summed E-state index contributed by atoms with van der Waals surface area (Å²) in [5.74, 6) is 0.166. The zero-order valence-electron chi connectivity index (χ0n) is 11.4. The van der Waals surface area contributed by atoms with Crippen molar-refractivity contribution < 1.29 is 18.1 Å². The van der Waals surface area contributed by atoms with Gasteiger partial charge in [-0.2, -0.15) is 5.26 Å². The topological polar surface area (TPSA) is 110 Å². The predicted molar refractivity (Wildman–Crippen MR) is 74.7 cm³/mol. The van der Waals surface area contributed by atoms with Gasteiger partial charge >= 0.3 is 0 Å². The first-order chi connectivity index (χ1) is 9.81. The van der Waals surface area contributed by atoms with Crippen molar-refractivity contribution >= 4 is 15.5 Å². The van der Waals surface area contributed by atoms with E-state index < -0.39 is 20.2 Å². The van der Waals surface area contributed by atoms with Crippen LogP contribution < -0.4 is 4.74 Å². The van der Waals surface area contributed by atoms with Crippen molar-refractivity contribution in [2.24, 2.45) is 5.41 Å². The quantitative estimate of drug-likeness (QED) is 0.615. The zero-order chi connectivity index (χ0) is 15.7. The van der Waals surface area contributed by atoms with E-state index in [1.807, 2.05) is 0 Å². The summed E-state index contributed by atoms with van der Waals surface area (Å²) in [5, 5.41) is 20.2. The van der Waals surface area contributed by atoms with Gasteiger partial charge in [-0.05, 0) is 18.9 Å². The van der Waals surface area contributed by atoms with Gasteiger partial charge in [-0.15, -0.1) is 0 Å². The minimum Gasteiger partial charge on any atom is -0.496 e. The lowest BCUT2D eigenvalue weighted by atomic mass is 9.82. The van der Waals surface area contributed by atoms with E-state index >= 15 is 0 Å². The lowest BCUT2D eigenvalue weighted by molar-refractivity contribution is -0.384. The standard InChI is InChI=1S/C13H14N2O5S/c1-20-12-3-2-11(15(16)17)6-10(12)7-13(8-14)4-5-21(18,19)9-13/h2-3,6H,4-5,7,9H2,1H3. The molecule has 0 aromatic heterocycles. The van der Waals surface area contributed by atoms with Crippen LogP contribution in [-0.4, -0.2) is 32.0 Å². The molecule has 1 fully saturated rings. The van der Waals surface area contributed by atoms with E-state index in [2.05, 4.69) is 6.07 Å². The van der Waals surface area contributed by atoms with Gasteiger partial charge in [-0.3, -0.25) is 10.1 Å². The summed E-state index contributed by atoms with van der Waals surface area (Å²) < 4.78 is 28.4. The second-order valence-corrected chi connectivity index (χ2v) is 7.35. The predicted octanol–water partition coefficient (Wildman–Crippen LogP) is 1.47. The van der Waals surface area contributed by atoms with Gasteiger partial charge in [-0.25, -0.2) is 8.42 Å². The summed E-state index contributed by atoms with van der Waals surface area (Å²) in [6.07, 6.45) is 0.352. The van der Waals surface area contributed by atoms with Crippen molar-refractivity contribution in [3.63, 3.8) is 0 Å². The monoisotopic (exact) mass is 310 g/mol. The van der Waals surface area contributed by atoms with Gasteiger partial charge in [0.05, 0.1) is 35.0 Å². The third-order valence-electron chi connectivity index (χ3n) is 3.63. The number of nitro groups is 1. The van der Waals surface area contributed by atoms with Gasteiger partial charge in [0.15, 0.2) is 9.84 Å². The smallest absolute Gasteiger partial charge is 0.269 e. The molecular weight excluding hydrogens is 296 g/mol. The molecule has 1 heterocycles. The van der Waals surface area contributed by atoms with Gasteiger partial charge in [0.1, 0.15) is 5.75 Å². The summed E-state index contributed by atoms with van der Waals surface area (Å²) >= 11 is 0. The maximum Gasteiger partial charge on any atom is 0.269 e. The summed E-state index contributed by atoms with van der Waals surface area (Å²) in [7, 11) is -1.80. The molecular formula is C13H14N2O5S. The molecule has 1 aliphatic rings. The van der Waals surface area contributed by atoms with Gasteiger partial charge in [-0.1, -0.05) is 0 Å². The molecule has 0 bridgehead atoms. The Morgan fingerprint density at radius 3 is 2.71 bits per heavy atom. The number of hydrogen-bond donors (Lipinski definition) is 0. The summed E-state index contributed by atoms with van der Waals surface area (Å²) in [5.41, 5.74) is -0.675. The van der Waals surface area contributed by atoms with Gasteiger partial charge in [0, 0.05) is 17.7 Å². The Labute approximate surface area is 122 Å². The van der Waals surface area contributed by atoms with E-state index in [0.29, 0.717) is 11.3 Å². The number of sulfone groups is 1. The molecule has 1 unspecified atom stereocenters. The van der Waals surface area contributed by atoms with Crippen LogP contribution in [0, 0.1) is 26.9 Å². The normalized spacial score (nSPS) is 23.4. The zero-order valence-corrected chi connectivity index (χ0v) is 12.2. The van der Waals surface area contributed by atoms with Crippen LogP contribution in [0.3, 0.4) is 0 Å². The highest BCUT2D eigenvalue weighted by Gasteiger charge is 2.43. The van der Waals surface area contributed by atoms with Crippen LogP contribution in [0.2, 0.25) is 0 Å². The molecule has 0 spiro atoms. The molecule has 112 valence electrons. The second-order valence-electron chi connectivity index (χ2n) is 5.16.